The van der Waals surface area contributed by atoms with Gasteiger partial charge >= 0.3 is 0 Å². The number of hydrazone groups is 1. The number of nitrogens with two attached hydrogens (primary N) is 1. The maximum absolute atomic E-state index is 12.9. The van der Waals surface area contributed by atoms with Crippen LogP contribution in [0.4, 0.5) is 4.39 Å². The zero-order valence-electron chi connectivity index (χ0n) is 16.0. The van der Waals surface area contributed by atoms with Crippen LogP contribution in [0.3, 0.4) is 0 Å². The van der Waals surface area contributed by atoms with Gasteiger partial charge < -0.3 is 15.5 Å². The molecule has 28 heavy (non-hydrogen) atoms. The molecule has 0 spiro atoms. The lowest BCUT2D eigenvalue weighted by Crippen LogP contribution is -2.27. The minimum Gasteiger partial charge on any atom is -0.497 e. The highest BCUT2D eigenvalue weighted by molar-refractivity contribution is 6.01. The topological polar surface area (TPSA) is 87.8 Å². The van der Waals surface area contributed by atoms with Crippen molar-refractivity contribution in [2.75, 3.05) is 13.7 Å². The van der Waals surface area contributed by atoms with E-state index in [0.29, 0.717) is 13.0 Å². The number of rotatable bonds is 7. The summed E-state index contributed by atoms with van der Waals surface area (Å²) in [5, 5.41) is 5.21. The molecule has 0 unspecified atom stereocenters. The number of aliphatic imine (C=N–C) groups is 1. The molecule has 7 heteroatoms. The first-order valence-electron chi connectivity index (χ1n) is 9.12. The molecule has 0 amide bonds. The van der Waals surface area contributed by atoms with E-state index < -0.39 is 0 Å². The Balaban J connectivity index is 1.62. The van der Waals surface area contributed by atoms with Crippen LogP contribution in [0, 0.1) is 5.82 Å². The second-order valence-corrected chi connectivity index (χ2v) is 6.32. The Hall–Kier alpha value is -3.35. The number of halogens is 1. The van der Waals surface area contributed by atoms with Gasteiger partial charge in [0, 0.05) is 29.2 Å². The van der Waals surface area contributed by atoms with Crippen molar-refractivity contribution in [2.24, 2.45) is 15.8 Å². The number of methoxy groups -OCH3 is 1. The third kappa shape index (κ3) is 4.68. The number of nitrogens with one attached hydrogen (secondary N) is 2. The molecule has 3 aromatic rings. The predicted octanol–water partition coefficient (Wildman–Crippen LogP) is 3.36. The number of H-pyrrole nitrogens is 1. The summed E-state index contributed by atoms with van der Waals surface area (Å²) in [6, 6.07) is 10.4. The molecule has 3 rings (SSSR count). The molecule has 0 radical (unpaired) electrons. The van der Waals surface area contributed by atoms with Crippen LogP contribution >= 0.6 is 0 Å². The Labute approximate surface area is 163 Å². The maximum atomic E-state index is 12.9. The minimum atomic E-state index is -0.247. The molecule has 0 fully saturated rings. The summed E-state index contributed by atoms with van der Waals surface area (Å²) in [7, 11) is 1.66. The van der Waals surface area contributed by atoms with E-state index in [0.717, 1.165) is 34.2 Å². The highest BCUT2D eigenvalue weighted by Crippen LogP contribution is 2.27. The predicted molar refractivity (Wildman–Crippen MR) is 112 cm³/mol. The first kappa shape index (κ1) is 19.4. The number of aryl methyl sites for hydroxylation is 1. The van der Waals surface area contributed by atoms with E-state index in [9.17, 15) is 4.39 Å². The number of guanidine groups is 1. The molecular formula is C21H24FN5O. The highest BCUT2D eigenvalue weighted by atomic mass is 19.1. The largest absolute Gasteiger partial charge is 0.497 e. The van der Waals surface area contributed by atoms with Gasteiger partial charge in [0.2, 0.25) is 5.96 Å². The number of aromatic nitrogens is 1. The van der Waals surface area contributed by atoms with Crippen LogP contribution in [0.25, 0.3) is 10.9 Å². The zero-order valence-corrected chi connectivity index (χ0v) is 16.0. The van der Waals surface area contributed by atoms with E-state index >= 15 is 0 Å². The highest BCUT2D eigenvalue weighted by Gasteiger charge is 2.08. The minimum absolute atomic E-state index is 0.227. The van der Waals surface area contributed by atoms with Crippen LogP contribution < -0.4 is 15.9 Å². The van der Waals surface area contributed by atoms with Crippen molar-refractivity contribution in [2.45, 2.75) is 19.8 Å². The molecule has 0 aliphatic heterocycles. The fourth-order valence-corrected chi connectivity index (χ4v) is 2.96. The third-order valence-electron chi connectivity index (χ3n) is 4.47. The summed E-state index contributed by atoms with van der Waals surface area (Å²) in [5.74, 6) is 0.794. The van der Waals surface area contributed by atoms with E-state index in [2.05, 4.69) is 27.4 Å². The van der Waals surface area contributed by atoms with Gasteiger partial charge in [0.1, 0.15) is 11.6 Å². The SMILES string of the molecule is CCc1cc(OC)cc2c(/C=N/NC(N)=NCCc3ccc(F)cc3)c[nH]c12. The first-order valence-corrected chi connectivity index (χ1v) is 9.12. The zero-order chi connectivity index (χ0) is 19.9. The van der Waals surface area contributed by atoms with Crippen LogP contribution in [-0.2, 0) is 12.8 Å². The van der Waals surface area contributed by atoms with Gasteiger partial charge in [-0.1, -0.05) is 19.1 Å². The van der Waals surface area contributed by atoms with Crippen molar-refractivity contribution < 1.29 is 9.13 Å². The van der Waals surface area contributed by atoms with E-state index in [4.69, 9.17) is 10.5 Å². The number of ether oxygens (including phenoxy) is 1. The average molecular weight is 381 g/mol. The number of fused-ring (bicyclic) bond motifs is 1. The smallest absolute Gasteiger partial charge is 0.209 e. The fourth-order valence-electron chi connectivity index (χ4n) is 2.96. The monoisotopic (exact) mass is 381 g/mol. The molecule has 1 heterocycles. The third-order valence-corrected chi connectivity index (χ3v) is 4.47. The van der Waals surface area contributed by atoms with Crippen molar-refractivity contribution in [1.29, 1.82) is 0 Å². The summed E-state index contributed by atoms with van der Waals surface area (Å²) >= 11 is 0. The Morgan fingerprint density at radius 2 is 2.07 bits per heavy atom. The van der Waals surface area contributed by atoms with Gasteiger partial charge in [-0.3, -0.25) is 4.99 Å². The number of aromatic amines is 1. The molecule has 0 saturated carbocycles. The van der Waals surface area contributed by atoms with E-state index in [-0.39, 0.29) is 11.8 Å². The molecular weight excluding hydrogens is 357 g/mol. The molecule has 4 N–H and O–H groups in total. The summed E-state index contributed by atoms with van der Waals surface area (Å²) in [4.78, 5) is 7.52. The van der Waals surface area contributed by atoms with E-state index in [1.807, 2.05) is 18.3 Å². The van der Waals surface area contributed by atoms with Gasteiger partial charge in [0.05, 0.1) is 13.3 Å². The van der Waals surface area contributed by atoms with Gasteiger partial charge in [-0.25, -0.2) is 9.82 Å². The molecule has 146 valence electrons. The second-order valence-electron chi connectivity index (χ2n) is 6.32. The van der Waals surface area contributed by atoms with Gasteiger partial charge in [-0.2, -0.15) is 5.10 Å². The van der Waals surface area contributed by atoms with Crippen LogP contribution in [0.2, 0.25) is 0 Å². The van der Waals surface area contributed by atoms with Gasteiger partial charge in [-0.15, -0.1) is 0 Å². The number of benzene rings is 2. The Morgan fingerprint density at radius 3 is 2.79 bits per heavy atom. The van der Waals surface area contributed by atoms with Crippen molar-refractivity contribution >= 4 is 23.1 Å². The standard InChI is InChI=1S/C21H24FN5O/c1-3-15-10-18(28-2)11-19-16(12-25-20(15)19)13-26-27-21(23)24-9-8-14-4-6-17(22)7-5-14/h4-7,10-13,25H,3,8-9H2,1-2H3,(H3,23,24,27)/b26-13+. The summed E-state index contributed by atoms with van der Waals surface area (Å²) in [5.41, 5.74) is 12.8. The lowest BCUT2D eigenvalue weighted by molar-refractivity contribution is 0.415. The number of hydrogen-bond acceptors (Lipinski definition) is 3. The van der Waals surface area contributed by atoms with Crippen LogP contribution in [0.5, 0.6) is 5.75 Å². The van der Waals surface area contributed by atoms with Crippen LogP contribution in [-0.4, -0.2) is 30.8 Å². The van der Waals surface area contributed by atoms with E-state index in [1.54, 1.807) is 25.5 Å². The van der Waals surface area contributed by atoms with Crippen molar-refractivity contribution in [1.82, 2.24) is 10.4 Å². The lowest BCUT2D eigenvalue weighted by Gasteiger charge is -2.05. The van der Waals surface area contributed by atoms with Gasteiger partial charge in [0.25, 0.3) is 0 Å². The van der Waals surface area contributed by atoms with Gasteiger partial charge in [-0.05, 0) is 48.2 Å². The molecule has 0 aliphatic rings. The Bertz CT molecular complexity index is 992. The quantitative estimate of drug-likeness (QED) is 0.333. The Morgan fingerprint density at radius 1 is 1.29 bits per heavy atom. The van der Waals surface area contributed by atoms with Crippen LogP contribution in [0.1, 0.15) is 23.6 Å². The lowest BCUT2D eigenvalue weighted by atomic mass is 10.1. The second kappa shape index (κ2) is 9.03. The molecule has 0 atom stereocenters. The van der Waals surface area contributed by atoms with Crippen molar-refractivity contribution in [3.05, 3.63) is 65.1 Å². The molecule has 6 nitrogen and oxygen atoms in total. The Kier molecular flexibility index (Phi) is 6.26. The molecule has 1 aromatic heterocycles. The summed E-state index contributed by atoms with van der Waals surface area (Å²) < 4.78 is 18.3. The molecule has 0 aliphatic carbocycles. The van der Waals surface area contributed by atoms with Crippen LogP contribution in [0.15, 0.2) is 52.7 Å². The first-order chi connectivity index (χ1) is 13.6. The van der Waals surface area contributed by atoms with Crippen molar-refractivity contribution in [3.63, 3.8) is 0 Å². The fraction of sp³-hybridized carbons (Fsp3) is 0.238. The summed E-state index contributed by atoms with van der Waals surface area (Å²) in [6.45, 7) is 2.59. The molecule has 0 saturated heterocycles. The maximum Gasteiger partial charge on any atom is 0.209 e. The van der Waals surface area contributed by atoms with Crippen molar-refractivity contribution in [3.8, 4) is 5.75 Å². The molecule has 0 bridgehead atoms. The number of hydrogen-bond donors (Lipinski definition) is 3. The normalized spacial score (nSPS) is 12.0. The molecule has 2 aromatic carbocycles. The van der Waals surface area contributed by atoms with Gasteiger partial charge in [0.15, 0.2) is 0 Å². The number of nitrogens with zero attached hydrogens (tertiary/aromatic N) is 2. The average Bonchev–Trinajstić information content (AvgIpc) is 3.11. The van der Waals surface area contributed by atoms with E-state index in [1.165, 1.54) is 17.7 Å². The summed E-state index contributed by atoms with van der Waals surface area (Å²) in [6.07, 6.45) is 5.17.